The molecule has 11 nitrogen and oxygen atoms in total. The van der Waals surface area contributed by atoms with Crippen LogP contribution in [0.1, 0.15) is 45.5 Å². The first-order valence-corrected chi connectivity index (χ1v) is 13.2. The molecule has 1 heterocycles. The number of phenols is 1. The molecule has 11 heteroatoms. The van der Waals surface area contributed by atoms with Crippen LogP contribution in [0.3, 0.4) is 0 Å². The maximum absolute atomic E-state index is 13.8. The molecule has 1 aromatic rings. The van der Waals surface area contributed by atoms with Crippen LogP contribution in [0.15, 0.2) is 23.8 Å². The number of nitrogens with two attached hydrogens (primary N) is 1. The summed E-state index contributed by atoms with van der Waals surface area (Å²) in [6.07, 6.45) is 3.19. The number of rotatable bonds is 6. The number of aromatic hydroxyl groups is 1. The zero-order chi connectivity index (χ0) is 28.2. The maximum Gasteiger partial charge on any atom is 0.252 e. The molecule has 1 saturated carbocycles. The van der Waals surface area contributed by atoms with Gasteiger partial charge in [-0.3, -0.25) is 24.0 Å². The highest BCUT2D eigenvalue weighted by atomic mass is 16.5. The number of likely N-dealkylation sites (N-methyl/N-ethyl adjacent to an activating group) is 1. The molecule has 1 aromatic carbocycles. The topological polar surface area (TPSA) is 176 Å². The first-order chi connectivity index (χ1) is 18.5. The van der Waals surface area contributed by atoms with Crippen molar-refractivity contribution in [2.24, 2.45) is 23.5 Å². The van der Waals surface area contributed by atoms with E-state index in [4.69, 9.17) is 10.5 Å². The smallest absolute Gasteiger partial charge is 0.252 e. The molecule has 0 spiro atoms. The molecule has 1 aliphatic heterocycles. The highest BCUT2D eigenvalue weighted by molar-refractivity contribution is 6.32. The van der Waals surface area contributed by atoms with Gasteiger partial charge in [0.2, 0.25) is 5.78 Å². The predicted octanol–water partition coefficient (Wildman–Crippen LogP) is -0.441. The van der Waals surface area contributed by atoms with Crippen LogP contribution in [0.25, 0.3) is 0 Å². The number of hydrogen-bond acceptors (Lipinski definition) is 10. The molecule has 3 aliphatic carbocycles. The molecule has 2 fully saturated rings. The van der Waals surface area contributed by atoms with Gasteiger partial charge >= 0.3 is 0 Å². The lowest BCUT2D eigenvalue weighted by Gasteiger charge is -2.51. The van der Waals surface area contributed by atoms with E-state index in [2.05, 4.69) is 5.32 Å². The van der Waals surface area contributed by atoms with E-state index in [1.54, 1.807) is 19.0 Å². The summed E-state index contributed by atoms with van der Waals surface area (Å²) >= 11 is 0. The number of fused-ring (bicyclic) bond motifs is 3. The fraction of sp³-hybridized carbons (Fsp3) is 0.536. The van der Waals surface area contributed by atoms with Crippen molar-refractivity contribution in [3.63, 3.8) is 0 Å². The minimum atomic E-state index is -2.61. The summed E-state index contributed by atoms with van der Waals surface area (Å²) in [5.41, 5.74) is 2.83. The van der Waals surface area contributed by atoms with Gasteiger partial charge in [-0.05, 0) is 63.4 Å². The van der Waals surface area contributed by atoms with Crippen molar-refractivity contribution in [3.8, 4) is 5.75 Å². The molecule has 0 bridgehead atoms. The van der Waals surface area contributed by atoms with Crippen molar-refractivity contribution in [1.82, 2.24) is 10.2 Å². The highest BCUT2D eigenvalue weighted by Gasteiger charge is 2.65. The first kappa shape index (κ1) is 27.3. The van der Waals surface area contributed by atoms with Crippen LogP contribution in [0.5, 0.6) is 5.75 Å². The average molecular weight is 540 g/mol. The summed E-state index contributed by atoms with van der Waals surface area (Å²) in [5, 5.41) is 25.5. The van der Waals surface area contributed by atoms with Gasteiger partial charge in [-0.15, -0.1) is 0 Å². The van der Waals surface area contributed by atoms with Crippen LogP contribution in [0.4, 0.5) is 0 Å². The standard InChI is InChI=1S/C28H33N3O8/c1-31(2)19-11-17(27(29)37)25(35)28(38)18(19)10-13-9-16-15(21(33)12-30-14-5-7-39-8-6-14)3-4-20(32)23(16)24(34)22(13)26(28)36/h3-4,11,13-14,18-19,22,30,32,38H,5-10,12H2,1-2H3,(H2,29,37)/t13-,18-,19+,22?,28+/m0/s1. The van der Waals surface area contributed by atoms with E-state index in [0.29, 0.717) is 24.3 Å². The third-order valence-electron chi connectivity index (χ3n) is 8.78. The molecule has 4 aliphatic rings. The second kappa shape index (κ2) is 10.1. The fourth-order valence-electron chi connectivity index (χ4n) is 6.77. The largest absolute Gasteiger partial charge is 0.507 e. The van der Waals surface area contributed by atoms with Crippen molar-refractivity contribution in [2.75, 3.05) is 33.9 Å². The predicted molar refractivity (Wildman–Crippen MR) is 137 cm³/mol. The molecule has 5 N–H and O–H groups in total. The van der Waals surface area contributed by atoms with Crippen LogP contribution in [-0.4, -0.2) is 95.7 Å². The summed E-state index contributed by atoms with van der Waals surface area (Å²) < 4.78 is 5.35. The van der Waals surface area contributed by atoms with Gasteiger partial charge in [0.15, 0.2) is 23.0 Å². The average Bonchev–Trinajstić information content (AvgIpc) is 2.89. The number of primary amides is 1. The molecule has 208 valence electrons. The number of hydrogen-bond donors (Lipinski definition) is 4. The van der Waals surface area contributed by atoms with Crippen molar-refractivity contribution >= 4 is 29.0 Å². The van der Waals surface area contributed by atoms with Crippen molar-refractivity contribution < 1.29 is 38.9 Å². The van der Waals surface area contributed by atoms with Gasteiger partial charge in [-0.25, -0.2) is 0 Å². The van der Waals surface area contributed by atoms with E-state index in [0.717, 1.165) is 12.8 Å². The van der Waals surface area contributed by atoms with Crippen LogP contribution in [0.2, 0.25) is 0 Å². The highest BCUT2D eigenvalue weighted by Crippen LogP contribution is 2.50. The van der Waals surface area contributed by atoms with Gasteiger partial charge in [-0.2, -0.15) is 0 Å². The molecular weight excluding hydrogens is 506 g/mol. The lowest BCUT2D eigenvalue weighted by molar-refractivity contribution is -0.168. The second-order valence-corrected chi connectivity index (χ2v) is 11.2. The Morgan fingerprint density at radius 3 is 2.51 bits per heavy atom. The Hall–Kier alpha value is -3.25. The molecule has 1 amide bonds. The second-order valence-electron chi connectivity index (χ2n) is 11.2. The minimum Gasteiger partial charge on any atom is -0.507 e. The molecule has 5 atom stereocenters. The van der Waals surface area contributed by atoms with E-state index >= 15 is 0 Å². The van der Waals surface area contributed by atoms with Gasteiger partial charge in [0.1, 0.15) is 5.75 Å². The zero-order valence-electron chi connectivity index (χ0n) is 21.9. The van der Waals surface area contributed by atoms with Crippen LogP contribution in [-0.2, 0) is 25.5 Å². The molecule has 1 saturated heterocycles. The van der Waals surface area contributed by atoms with Crippen LogP contribution < -0.4 is 11.1 Å². The van der Waals surface area contributed by atoms with E-state index in [1.165, 1.54) is 18.2 Å². The van der Waals surface area contributed by atoms with Crippen LogP contribution >= 0.6 is 0 Å². The third kappa shape index (κ3) is 4.33. The van der Waals surface area contributed by atoms with Gasteiger partial charge in [0, 0.05) is 36.8 Å². The number of benzene rings is 1. The molecule has 0 aromatic heterocycles. The van der Waals surface area contributed by atoms with Gasteiger partial charge in [-0.1, -0.05) is 6.08 Å². The summed E-state index contributed by atoms with van der Waals surface area (Å²) in [4.78, 5) is 67.8. The summed E-state index contributed by atoms with van der Waals surface area (Å²) in [7, 11) is 3.38. The number of ketones is 4. The fourth-order valence-corrected chi connectivity index (χ4v) is 6.77. The lowest BCUT2D eigenvalue weighted by atomic mass is 9.54. The number of amides is 1. The van der Waals surface area contributed by atoms with Gasteiger partial charge in [0.25, 0.3) is 5.91 Å². The Kier molecular flexibility index (Phi) is 7.04. The Morgan fingerprint density at radius 1 is 1.18 bits per heavy atom. The number of carbonyl (C=O) groups is 5. The number of nitrogens with zero attached hydrogens (tertiary/aromatic N) is 1. The molecule has 0 radical (unpaired) electrons. The van der Waals surface area contributed by atoms with E-state index in [-0.39, 0.29) is 42.5 Å². The number of aliphatic hydroxyl groups is 1. The van der Waals surface area contributed by atoms with Gasteiger partial charge in [0.05, 0.1) is 23.6 Å². The van der Waals surface area contributed by atoms with Crippen molar-refractivity contribution in [1.29, 1.82) is 0 Å². The summed E-state index contributed by atoms with van der Waals surface area (Å²) in [6, 6.07) is 2.21. The monoisotopic (exact) mass is 539 g/mol. The Bertz CT molecular complexity index is 1300. The molecule has 39 heavy (non-hydrogen) atoms. The van der Waals surface area contributed by atoms with Crippen molar-refractivity contribution in [3.05, 3.63) is 40.5 Å². The van der Waals surface area contributed by atoms with E-state index < -0.39 is 58.2 Å². The SMILES string of the molecule is CN(C)[C@@H]1C=C(C(N)=O)C(=O)[C@@]2(O)C(=O)C3C(=O)c4c(O)ccc(C(=O)CNC5CCOCC5)c4C[C@H]3C[C@@H]12. The molecule has 5 rings (SSSR count). The molecular formula is C28H33N3O8. The summed E-state index contributed by atoms with van der Waals surface area (Å²) in [5.74, 6) is -7.48. The number of ether oxygens (including phenoxy) is 1. The number of phenolic OH excluding ortho intramolecular Hbond substituents is 1. The number of Topliss-reactive ketones (excluding diaryl/α,β-unsaturated/α-hetero) is 4. The number of nitrogens with one attached hydrogen (secondary N) is 1. The Labute approximate surface area is 225 Å². The van der Waals surface area contributed by atoms with E-state index in [1.807, 2.05) is 0 Å². The van der Waals surface area contributed by atoms with Crippen LogP contribution in [0, 0.1) is 17.8 Å². The van der Waals surface area contributed by atoms with Crippen molar-refractivity contribution in [2.45, 2.75) is 43.4 Å². The van der Waals surface area contributed by atoms with Gasteiger partial charge < -0.3 is 30.9 Å². The lowest BCUT2D eigenvalue weighted by Crippen LogP contribution is -2.68. The first-order valence-electron chi connectivity index (χ1n) is 13.2. The minimum absolute atomic E-state index is 0.0450. The third-order valence-corrected chi connectivity index (χ3v) is 8.78. The maximum atomic E-state index is 13.8. The quantitative estimate of drug-likeness (QED) is 0.211. The Balaban J connectivity index is 1.51. The molecule has 1 unspecified atom stereocenters. The normalized spacial score (nSPS) is 30.9. The van der Waals surface area contributed by atoms with E-state index in [9.17, 15) is 34.2 Å². The number of carbonyl (C=O) groups excluding carboxylic acids is 5. The Morgan fingerprint density at radius 2 is 1.87 bits per heavy atom. The summed E-state index contributed by atoms with van der Waals surface area (Å²) in [6.45, 7) is 1.28. The zero-order valence-corrected chi connectivity index (χ0v) is 21.9.